The SMILES string of the molecule is Cc1c(Cc2ccccc2)c(=O)oc2c(C)c3c(cc12)CN(CC(C)O)CO3. The molecule has 146 valence electrons. The average Bonchev–Trinajstić information content (AvgIpc) is 2.67. The fourth-order valence-electron chi connectivity index (χ4n) is 3.99. The lowest BCUT2D eigenvalue weighted by atomic mass is 9.96. The second kappa shape index (κ2) is 7.41. The number of ether oxygens (including phenoxy) is 1. The van der Waals surface area contributed by atoms with Crippen LogP contribution in [-0.4, -0.2) is 29.4 Å². The Bertz CT molecular complexity index is 1070. The lowest BCUT2D eigenvalue weighted by molar-refractivity contribution is 0.0498. The fourth-order valence-corrected chi connectivity index (χ4v) is 3.99. The Morgan fingerprint density at radius 2 is 1.93 bits per heavy atom. The van der Waals surface area contributed by atoms with Gasteiger partial charge < -0.3 is 14.3 Å². The number of benzene rings is 2. The van der Waals surface area contributed by atoms with Crippen LogP contribution in [0.2, 0.25) is 0 Å². The zero-order chi connectivity index (χ0) is 19.8. The van der Waals surface area contributed by atoms with E-state index in [0.29, 0.717) is 37.4 Å². The zero-order valence-corrected chi connectivity index (χ0v) is 16.5. The van der Waals surface area contributed by atoms with Gasteiger partial charge in [-0.3, -0.25) is 4.90 Å². The summed E-state index contributed by atoms with van der Waals surface area (Å²) in [4.78, 5) is 14.8. The van der Waals surface area contributed by atoms with Crippen LogP contribution in [0, 0.1) is 13.8 Å². The number of aryl methyl sites for hydroxylation is 2. The van der Waals surface area contributed by atoms with Crippen molar-refractivity contribution in [2.24, 2.45) is 0 Å². The molecule has 1 aliphatic heterocycles. The summed E-state index contributed by atoms with van der Waals surface area (Å²) in [6, 6.07) is 12.0. The van der Waals surface area contributed by atoms with Crippen LogP contribution in [0.3, 0.4) is 0 Å². The van der Waals surface area contributed by atoms with Crippen molar-refractivity contribution in [2.45, 2.75) is 39.8 Å². The molecule has 0 bridgehead atoms. The Morgan fingerprint density at radius 3 is 2.64 bits per heavy atom. The summed E-state index contributed by atoms with van der Waals surface area (Å²) >= 11 is 0. The first-order valence-electron chi connectivity index (χ1n) is 9.60. The third-order valence-corrected chi connectivity index (χ3v) is 5.37. The van der Waals surface area contributed by atoms with E-state index in [0.717, 1.165) is 33.4 Å². The molecule has 1 aromatic heterocycles. The van der Waals surface area contributed by atoms with Crippen LogP contribution in [-0.2, 0) is 13.0 Å². The number of fused-ring (bicyclic) bond motifs is 2. The van der Waals surface area contributed by atoms with Crippen molar-refractivity contribution in [3.63, 3.8) is 0 Å². The number of hydrogen-bond donors (Lipinski definition) is 1. The van der Waals surface area contributed by atoms with E-state index < -0.39 is 6.10 Å². The molecule has 1 unspecified atom stereocenters. The number of nitrogens with zero attached hydrogens (tertiary/aromatic N) is 1. The molecule has 28 heavy (non-hydrogen) atoms. The average molecular weight is 379 g/mol. The summed E-state index contributed by atoms with van der Waals surface area (Å²) in [5.74, 6) is 0.785. The quantitative estimate of drug-likeness (QED) is 0.703. The molecular weight excluding hydrogens is 354 g/mol. The van der Waals surface area contributed by atoms with Gasteiger partial charge in [0.25, 0.3) is 0 Å². The molecule has 0 aliphatic carbocycles. The molecule has 1 aliphatic rings. The van der Waals surface area contributed by atoms with Gasteiger partial charge in [-0.05, 0) is 38.0 Å². The van der Waals surface area contributed by atoms with E-state index in [1.165, 1.54) is 0 Å². The molecule has 1 atom stereocenters. The van der Waals surface area contributed by atoms with E-state index in [1.807, 2.05) is 44.2 Å². The predicted molar refractivity (Wildman–Crippen MR) is 109 cm³/mol. The highest BCUT2D eigenvalue weighted by atomic mass is 16.5. The maximum absolute atomic E-state index is 12.7. The van der Waals surface area contributed by atoms with Gasteiger partial charge in [0, 0.05) is 41.6 Å². The van der Waals surface area contributed by atoms with Crippen LogP contribution in [0.1, 0.15) is 34.7 Å². The van der Waals surface area contributed by atoms with Gasteiger partial charge >= 0.3 is 5.63 Å². The highest BCUT2D eigenvalue weighted by Gasteiger charge is 2.24. The van der Waals surface area contributed by atoms with E-state index in [4.69, 9.17) is 9.15 Å². The minimum Gasteiger partial charge on any atom is -0.477 e. The van der Waals surface area contributed by atoms with Gasteiger partial charge in [-0.15, -0.1) is 0 Å². The molecule has 0 amide bonds. The van der Waals surface area contributed by atoms with Gasteiger partial charge in [0.05, 0.1) is 6.10 Å². The van der Waals surface area contributed by atoms with Gasteiger partial charge in [-0.1, -0.05) is 30.3 Å². The van der Waals surface area contributed by atoms with E-state index >= 15 is 0 Å². The topological polar surface area (TPSA) is 62.9 Å². The molecule has 0 radical (unpaired) electrons. The Morgan fingerprint density at radius 1 is 1.18 bits per heavy atom. The highest BCUT2D eigenvalue weighted by molar-refractivity contribution is 5.87. The summed E-state index contributed by atoms with van der Waals surface area (Å²) in [7, 11) is 0. The maximum atomic E-state index is 12.7. The molecule has 2 heterocycles. The van der Waals surface area contributed by atoms with Crippen molar-refractivity contribution in [3.05, 3.63) is 74.6 Å². The van der Waals surface area contributed by atoms with Crippen LogP contribution in [0.15, 0.2) is 45.6 Å². The summed E-state index contributed by atoms with van der Waals surface area (Å²) in [6.45, 7) is 7.36. The molecule has 2 aromatic carbocycles. The molecule has 0 saturated carbocycles. The predicted octanol–water partition coefficient (Wildman–Crippen LogP) is 3.53. The number of β-amino-alcohol motifs (C(OH)–C–C–N with tert-alkyl or cyclic N) is 1. The first-order valence-corrected chi connectivity index (χ1v) is 9.60. The highest BCUT2D eigenvalue weighted by Crippen LogP contribution is 2.36. The summed E-state index contributed by atoms with van der Waals surface area (Å²) in [5.41, 5.74) is 4.95. The second-order valence-corrected chi connectivity index (χ2v) is 7.66. The van der Waals surface area contributed by atoms with E-state index in [9.17, 15) is 9.90 Å². The van der Waals surface area contributed by atoms with Crippen molar-refractivity contribution < 1.29 is 14.3 Å². The number of hydrogen-bond acceptors (Lipinski definition) is 5. The normalized spacial score (nSPS) is 15.3. The molecule has 0 spiro atoms. The van der Waals surface area contributed by atoms with Gasteiger partial charge in [0.2, 0.25) is 0 Å². The maximum Gasteiger partial charge on any atom is 0.340 e. The summed E-state index contributed by atoms with van der Waals surface area (Å²) in [5, 5.41) is 10.6. The number of aliphatic hydroxyl groups excluding tert-OH is 1. The van der Waals surface area contributed by atoms with E-state index in [1.54, 1.807) is 6.92 Å². The Labute approximate surface area is 164 Å². The third-order valence-electron chi connectivity index (χ3n) is 5.37. The van der Waals surface area contributed by atoms with Crippen molar-refractivity contribution in [3.8, 4) is 5.75 Å². The van der Waals surface area contributed by atoms with Crippen molar-refractivity contribution in [1.29, 1.82) is 0 Å². The van der Waals surface area contributed by atoms with Crippen LogP contribution >= 0.6 is 0 Å². The van der Waals surface area contributed by atoms with Gasteiger partial charge in [0.15, 0.2) is 0 Å². The number of rotatable bonds is 4. The Hall–Kier alpha value is -2.63. The Balaban J connectivity index is 1.80. The largest absolute Gasteiger partial charge is 0.477 e. The molecule has 0 fully saturated rings. The van der Waals surface area contributed by atoms with Crippen molar-refractivity contribution in [2.75, 3.05) is 13.3 Å². The summed E-state index contributed by atoms with van der Waals surface area (Å²) in [6.07, 6.45) is 0.134. The molecule has 5 nitrogen and oxygen atoms in total. The first-order chi connectivity index (χ1) is 13.4. The van der Waals surface area contributed by atoms with Gasteiger partial charge in [-0.25, -0.2) is 4.79 Å². The van der Waals surface area contributed by atoms with Crippen LogP contribution in [0.5, 0.6) is 5.75 Å². The van der Waals surface area contributed by atoms with Gasteiger partial charge in [0.1, 0.15) is 18.1 Å². The lowest BCUT2D eigenvalue weighted by Gasteiger charge is -2.31. The fraction of sp³-hybridized carbons (Fsp3) is 0.348. The molecule has 5 heteroatoms. The second-order valence-electron chi connectivity index (χ2n) is 7.66. The monoisotopic (exact) mass is 379 g/mol. The first kappa shape index (κ1) is 18.7. The molecular formula is C23H25NO4. The van der Waals surface area contributed by atoms with Crippen LogP contribution in [0.25, 0.3) is 11.0 Å². The van der Waals surface area contributed by atoms with Crippen molar-refractivity contribution in [1.82, 2.24) is 4.90 Å². The molecule has 3 aromatic rings. The molecule has 1 N–H and O–H groups in total. The molecule has 0 saturated heterocycles. The molecule has 4 rings (SSSR count). The third kappa shape index (κ3) is 3.43. The Kier molecular flexibility index (Phi) is 4.96. The standard InChI is InChI=1S/C23H25NO4/c1-14(25)11-24-12-18-10-19-15(2)20(9-17-7-5-4-6-8-17)23(26)28-22(19)16(3)21(18)27-13-24/h4-8,10,14,25H,9,11-13H2,1-3H3. The minimum absolute atomic E-state index is 0.288. The van der Waals surface area contributed by atoms with Crippen LogP contribution in [0.4, 0.5) is 0 Å². The zero-order valence-electron chi connectivity index (χ0n) is 16.5. The minimum atomic E-state index is -0.413. The van der Waals surface area contributed by atoms with Crippen molar-refractivity contribution >= 4 is 11.0 Å². The smallest absolute Gasteiger partial charge is 0.340 e. The van der Waals surface area contributed by atoms with E-state index in [2.05, 4.69) is 11.0 Å². The van der Waals surface area contributed by atoms with E-state index in [-0.39, 0.29) is 5.63 Å². The summed E-state index contributed by atoms with van der Waals surface area (Å²) < 4.78 is 11.7. The lowest BCUT2D eigenvalue weighted by Crippen LogP contribution is -2.37. The number of aliphatic hydroxyl groups is 1. The van der Waals surface area contributed by atoms with Gasteiger partial charge in [-0.2, -0.15) is 0 Å². The van der Waals surface area contributed by atoms with Crippen LogP contribution < -0.4 is 10.4 Å².